The van der Waals surface area contributed by atoms with Gasteiger partial charge in [-0.3, -0.25) is 10.1 Å². The van der Waals surface area contributed by atoms with Crippen LogP contribution < -0.4 is 10.2 Å². The molecule has 1 aromatic heterocycles. The summed E-state index contributed by atoms with van der Waals surface area (Å²) in [5.41, 5.74) is -0.323. The number of nitro groups is 1. The molecule has 0 aliphatic carbocycles. The molecule has 7 heteroatoms. The molecule has 0 atom stereocenters. The molecule has 0 radical (unpaired) electrons. The minimum atomic E-state index is -0.655. The number of nitrogens with one attached hydrogen (secondary N) is 1. The summed E-state index contributed by atoms with van der Waals surface area (Å²) in [5, 5.41) is 13.5. The van der Waals surface area contributed by atoms with Gasteiger partial charge in [-0.15, -0.1) is 0 Å². The molecule has 16 heavy (non-hydrogen) atoms. The third-order valence-corrected chi connectivity index (χ3v) is 2.43. The molecule has 0 unspecified atom stereocenters. The van der Waals surface area contributed by atoms with Crippen LogP contribution in [0.15, 0.2) is 12.3 Å². The highest BCUT2D eigenvalue weighted by Crippen LogP contribution is 2.20. The summed E-state index contributed by atoms with van der Waals surface area (Å²) in [7, 11) is 0. The number of piperazine rings is 1. The minimum absolute atomic E-state index is 0.187. The van der Waals surface area contributed by atoms with Gasteiger partial charge in [0.05, 0.1) is 11.0 Å². The van der Waals surface area contributed by atoms with Crippen molar-refractivity contribution in [2.24, 2.45) is 0 Å². The van der Waals surface area contributed by atoms with Gasteiger partial charge in [0.25, 0.3) is 5.69 Å². The van der Waals surface area contributed by atoms with E-state index in [1.54, 1.807) is 4.90 Å². The maximum atomic E-state index is 13.6. The second-order valence-corrected chi connectivity index (χ2v) is 3.49. The highest BCUT2D eigenvalue weighted by atomic mass is 19.1. The summed E-state index contributed by atoms with van der Waals surface area (Å²) in [4.78, 5) is 15.3. The average Bonchev–Trinajstić information content (AvgIpc) is 2.30. The molecule has 1 aliphatic heterocycles. The molecule has 1 aromatic rings. The molecule has 1 fully saturated rings. The summed E-state index contributed by atoms with van der Waals surface area (Å²) in [6.07, 6.45) is 1.08. The van der Waals surface area contributed by atoms with Crippen LogP contribution in [0.4, 0.5) is 15.9 Å². The lowest BCUT2D eigenvalue weighted by Gasteiger charge is -2.28. The van der Waals surface area contributed by atoms with Crippen molar-refractivity contribution in [1.29, 1.82) is 0 Å². The lowest BCUT2D eigenvalue weighted by molar-refractivity contribution is -0.385. The van der Waals surface area contributed by atoms with E-state index in [0.717, 1.165) is 25.4 Å². The van der Waals surface area contributed by atoms with Gasteiger partial charge in [-0.25, -0.2) is 9.37 Å². The molecule has 1 saturated heterocycles. The fourth-order valence-corrected chi connectivity index (χ4v) is 1.63. The Morgan fingerprint density at radius 2 is 2.19 bits per heavy atom. The van der Waals surface area contributed by atoms with Crippen LogP contribution >= 0.6 is 0 Å². The smallest absolute Gasteiger partial charge is 0.290 e. The van der Waals surface area contributed by atoms with Crippen molar-refractivity contribution in [1.82, 2.24) is 10.3 Å². The number of nitrogens with zero attached hydrogens (tertiary/aromatic N) is 3. The molecule has 0 spiro atoms. The summed E-state index contributed by atoms with van der Waals surface area (Å²) in [5.74, 6) is -0.455. The zero-order chi connectivity index (χ0) is 11.5. The largest absolute Gasteiger partial charge is 0.352 e. The number of rotatable bonds is 2. The Labute approximate surface area is 91.2 Å². The van der Waals surface area contributed by atoms with Crippen LogP contribution in [-0.4, -0.2) is 36.1 Å². The highest BCUT2D eigenvalue weighted by molar-refractivity contribution is 5.45. The maximum Gasteiger partial charge on any atom is 0.290 e. The summed E-state index contributed by atoms with van der Waals surface area (Å²) in [6, 6.07) is 0.907. The molecule has 1 aliphatic rings. The van der Waals surface area contributed by atoms with Crippen molar-refractivity contribution in [3.8, 4) is 0 Å². The predicted molar refractivity (Wildman–Crippen MR) is 55.9 cm³/mol. The molecular weight excluding hydrogens is 215 g/mol. The Morgan fingerprint density at radius 3 is 2.75 bits per heavy atom. The van der Waals surface area contributed by atoms with E-state index in [2.05, 4.69) is 10.3 Å². The predicted octanol–water partition coefficient (Wildman–Crippen LogP) is 0.538. The van der Waals surface area contributed by atoms with Gasteiger partial charge < -0.3 is 10.2 Å². The van der Waals surface area contributed by atoms with Gasteiger partial charge in [-0.1, -0.05) is 0 Å². The monoisotopic (exact) mass is 226 g/mol. The van der Waals surface area contributed by atoms with Crippen LogP contribution in [0.1, 0.15) is 0 Å². The number of anilines is 1. The van der Waals surface area contributed by atoms with Gasteiger partial charge in [0, 0.05) is 26.2 Å². The molecule has 0 amide bonds. The normalized spacial score (nSPS) is 16.2. The van der Waals surface area contributed by atoms with Gasteiger partial charge in [-0.2, -0.15) is 0 Å². The van der Waals surface area contributed by atoms with Crippen molar-refractivity contribution >= 4 is 11.5 Å². The molecule has 2 heterocycles. The van der Waals surface area contributed by atoms with E-state index in [-0.39, 0.29) is 11.5 Å². The van der Waals surface area contributed by atoms with Gasteiger partial charge >= 0.3 is 0 Å². The molecule has 1 N–H and O–H groups in total. The van der Waals surface area contributed by atoms with Crippen molar-refractivity contribution in [2.45, 2.75) is 0 Å². The Balaban J connectivity index is 2.24. The van der Waals surface area contributed by atoms with Crippen LogP contribution in [0.3, 0.4) is 0 Å². The van der Waals surface area contributed by atoms with E-state index in [1.165, 1.54) is 0 Å². The number of halogens is 1. The average molecular weight is 226 g/mol. The first kappa shape index (κ1) is 10.7. The first-order valence-corrected chi connectivity index (χ1v) is 4.94. The van der Waals surface area contributed by atoms with E-state index in [4.69, 9.17) is 0 Å². The van der Waals surface area contributed by atoms with E-state index >= 15 is 0 Å². The fourth-order valence-electron chi connectivity index (χ4n) is 1.63. The second-order valence-electron chi connectivity index (χ2n) is 3.49. The van der Waals surface area contributed by atoms with E-state index < -0.39 is 10.7 Å². The number of pyridine rings is 1. The van der Waals surface area contributed by atoms with E-state index in [9.17, 15) is 14.5 Å². The van der Waals surface area contributed by atoms with Crippen molar-refractivity contribution in [2.75, 3.05) is 31.1 Å². The molecule has 0 aromatic carbocycles. The summed E-state index contributed by atoms with van der Waals surface area (Å²) < 4.78 is 13.6. The van der Waals surface area contributed by atoms with Crippen LogP contribution in [0.2, 0.25) is 0 Å². The van der Waals surface area contributed by atoms with Gasteiger partial charge in [0.15, 0.2) is 11.6 Å². The topological polar surface area (TPSA) is 71.3 Å². The number of aromatic nitrogens is 1. The van der Waals surface area contributed by atoms with Crippen LogP contribution in [0.5, 0.6) is 0 Å². The third-order valence-electron chi connectivity index (χ3n) is 2.43. The maximum absolute atomic E-state index is 13.6. The van der Waals surface area contributed by atoms with Crippen LogP contribution in [0, 0.1) is 15.9 Å². The second kappa shape index (κ2) is 4.40. The summed E-state index contributed by atoms with van der Waals surface area (Å²) >= 11 is 0. The molecule has 2 rings (SSSR count). The Morgan fingerprint density at radius 1 is 1.50 bits per heavy atom. The third kappa shape index (κ3) is 2.08. The molecule has 0 saturated carbocycles. The van der Waals surface area contributed by atoms with Crippen molar-refractivity contribution in [3.63, 3.8) is 0 Å². The van der Waals surface area contributed by atoms with Gasteiger partial charge in [0.1, 0.15) is 6.20 Å². The van der Waals surface area contributed by atoms with E-state index in [1.807, 2.05) is 0 Å². The van der Waals surface area contributed by atoms with E-state index in [0.29, 0.717) is 13.1 Å². The lowest BCUT2D eigenvalue weighted by atomic mass is 10.3. The molecule has 86 valence electrons. The van der Waals surface area contributed by atoms with Crippen molar-refractivity contribution < 1.29 is 9.31 Å². The number of hydrogen-bond donors (Lipinski definition) is 1. The van der Waals surface area contributed by atoms with Crippen LogP contribution in [-0.2, 0) is 0 Å². The standard InChI is InChI=1S/C9H11FN4O2/c10-8-5-7(14(15)16)6-12-9(8)13-3-1-11-2-4-13/h5-6,11H,1-4H2. The molecular formula is C9H11FN4O2. The minimum Gasteiger partial charge on any atom is -0.352 e. The quantitative estimate of drug-likeness (QED) is 0.588. The zero-order valence-corrected chi connectivity index (χ0v) is 8.52. The Hall–Kier alpha value is -1.76. The highest BCUT2D eigenvalue weighted by Gasteiger charge is 2.18. The van der Waals surface area contributed by atoms with Gasteiger partial charge in [0.2, 0.25) is 0 Å². The molecule has 0 bridgehead atoms. The zero-order valence-electron chi connectivity index (χ0n) is 8.52. The fraction of sp³-hybridized carbons (Fsp3) is 0.444. The Bertz CT molecular complexity index is 406. The van der Waals surface area contributed by atoms with Gasteiger partial charge in [-0.05, 0) is 0 Å². The SMILES string of the molecule is O=[N+]([O-])c1cnc(N2CCNCC2)c(F)c1. The lowest BCUT2D eigenvalue weighted by Crippen LogP contribution is -2.44. The summed E-state index contributed by atoms with van der Waals surface area (Å²) in [6.45, 7) is 2.83. The Kier molecular flexibility index (Phi) is 2.95. The number of hydrogen-bond acceptors (Lipinski definition) is 5. The molecule has 6 nitrogen and oxygen atoms in total. The van der Waals surface area contributed by atoms with Crippen LogP contribution in [0.25, 0.3) is 0 Å². The first-order chi connectivity index (χ1) is 7.68. The van der Waals surface area contributed by atoms with Crippen molar-refractivity contribution in [3.05, 3.63) is 28.2 Å². The first-order valence-electron chi connectivity index (χ1n) is 4.94.